The molecule has 1 saturated heterocycles. The highest BCUT2D eigenvalue weighted by Gasteiger charge is 2.26. The zero-order valence-corrected chi connectivity index (χ0v) is 18.1. The molecule has 5 nitrogen and oxygen atoms in total. The Balaban J connectivity index is 1.39. The summed E-state index contributed by atoms with van der Waals surface area (Å²) in [6.45, 7) is 4.81. The number of halogens is 1. The van der Waals surface area contributed by atoms with Crippen LogP contribution in [0.2, 0.25) is 0 Å². The molecule has 6 heteroatoms. The van der Waals surface area contributed by atoms with Crippen molar-refractivity contribution in [1.82, 2.24) is 20.1 Å². The first-order chi connectivity index (χ1) is 15.3. The first-order valence-electron chi connectivity index (χ1n) is 11.5. The number of fused-ring (bicyclic) bond motifs is 3. The second-order valence-corrected chi connectivity index (χ2v) is 8.68. The van der Waals surface area contributed by atoms with E-state index in [2.05, 4.69) is 51.6 Å². The van der Waals surface area contributed by atoms with Gasteiger partial charge in [0, 0.05) is 30.6 Å². The van der Waals surface area contributed by atoms with E-state index in [0.717, 1.165) is 62.2 Å². The number of anilines is 1. The average molecular weight is 420 g/mol. The van der Waals surface area contributed by atoms with E-state index in [0.29, 0.717) is 12.5 Å². The lowest BCUT2D eigenvalue weighted by molar-refractivity contribution is 0.155. The number of alkyl halides is 1. The van der Waals surface area contributed by atoms with Gasteiger partial charge in [-0.1, -0.05) is 18.6 Å². The maximum Gasteiger partial charge on any atom is 0.0906 e. The number of hydrogen-bond donors (Lipinski definition) is 2. The van der Waals surface area contributed by atoms with Gasteiger partial charge in [-0.2, -0.15) is 5.10 Å². The van der Waals surface area contributed by atoms with E-state index < -0.39 is 0 Å². The SMILES string of the molecule is CCC1=C(c2ccc(NC3CN(CCCF)C3)cn2)c2ccc3[nH]ncc3c2CCC1. The molecule has 0 atom stereocenters. The highest BCUT2D eigenvalue weighted by Crippen LogP contribution is 2.38. The predicted molar refractivity (Wildman–Crippen MR) is 124 cm³/mol. The summed E-state index contributed by atoms with van der Waals surface area (Å²) in [5.41, 5.74) is 8.67. The number of benzene rings is 1. The monoisotopic (exact) mass is 419 g/mol. The van der Waals surface area contributed by atoms with E-state index in [1.165, 1.54) is 27.7 Å². The molecule has 1 aromatic carbocycles. The number of aromatic nitrogens is 3. The first-order valence-corrected chi connectivity index (χ1v) is 11.5. The molecule has 1 aliphatic carbocycles. The molecule has 2 aliphatic rings. The number of aryl methyl sites for hydroxylation is 1. The number of hydrogen-bond acceptors (Lipinski definition) is 4. The highest BCUT2D eigenvalue weighted by molar-refractivity contribution is 5.92. The standard InChI is InChI=1S/C25H30FN5/c1-2-17-5-3-6-20-21(8-10-23-22(20)14-28-30-23)25(17)24-9-7-18(13-27-24)29-19-15-31(16-19)12-4-11-26/h7-10,13-14,19,29H,2-6,11-12,15-16H2,1H3,(H,28,30). The summed E-state index contributed by atoms with van der Waals surface area (Å²) in [7, 11) is 0. The van der Waals surface area contributed by atoms with Crippen molar-refractivity contribution in [2.24, 2.45) is 0 Å². The Morgan fingerprint density at radius 2 is 2.06 bits per heavy atom. The molecule has 1 aliphatic heterocycles. The summed E-state index contributed by atoms with van der Waals surface area (Å²) in [6.07, 6.45) is 8.92. The minimum Gasteiger partial charge on any atom is -0.378 e. The molecule has 2 aromatic heterocycles. The van der Waals surface area contributed by atoms with Gasteiger partial charge in [0.05, 0.1) is 42.0 Å². The van der Waals surface area contributed by atoms with Crippen LogP contribution in [0.5, 0.6) is 0 Å². The van der Waals surface area contributed by atoms with E-state index in [1.807, 2.05) is 12.4 Å². The average Bonchev–Trinajstić information content (AvgIpc) is 3.17. The van der Waals surface area contributed by atoms with E-state index in [9.17, 15) is 4.39 Å². The molecule has 0 saturated carbocycles. The largest absolute Gasteiger partial charge is 0.378 e. The van der Waals surface area contributed by atoms with Crippen LogP contribution in [0.3, 0.4) is 0 Å². The molecule has 2 N–H and O–H groups in total. The maximum atomic E-state index is 12.3. The van der Waals surface area contributed by atoms with Crippen molar-refractivity contribution in [3.8, 4) is 0 Å². The van der Waals surface area contributed by atoms with E-state index >= 15 is 0 Å². The lowest BCUT2D eigenvalue weighted by Crippen LogP contribution is -2.54. The maximum absolute atomic E-state index is 12.3. The molecule has 0 radical (unpaired) electrons. The minimum absolute atomic E-state index is 0.231. The van der Waals surface area contributed by atoms with E-state index in [-0.39, 0.29) is 6.67 Å². The highest BCUT2D eigenvalue weighted by atomic mass is 19.1. The Labute approximate surface area is 182 Å². The molecule has 3 heterocycles. The van der Waals surface area contributed by atoms with Crippen molar-refractivity contribution in [1.29, 1.82) is 0 Å². The van der Waals surface area contributed by atoms with Crippen LogP contribution in [0.15, 0.2) is 42.2 Å². The zero-order valence-electron chi connectivity index (χ0n) is 18.1. The molecule has 162 valence electrons. The van der Waals surface area contributed by atoms with Gasteiger partial charge < -0.3 is 5.32 Å². The lowest BCUT2D eigenvalue weighted by atomic mass is 9.91. The van der Waals surface area contributed by atoms with Crippen molar-refractivity contribution >= 4 is 22.2 Å². The van der Waals surface area contributed by atoms with Crippen molar-refractivity contribution < 1.29 is 4.39 Å². The van der Waals surface area contributed by atoms with Crippen LogP contribution in [-0.2, 0) is 6.42 Å². The van der Waals surface area contributed by atoms with Gasteiger partial charge in [-0.25, -0.2) is 0 Å². The number of pyridine rings is 1. The van der Waals surface area contributed by atoms with Crippen LogP contribution in [0, 0.1) is 0 Å². The third-order valence-corrected chi connectivity index (χ3v) is 6.65. The van der Waals surface area contributed by atoms with Crippen LogP contribution < -0.4 is 5.32 Å². The molecule has 0 bridgehead atoms. The van der Waals surface area contributed by atoms with Gasteiger partial charge in [-0.15, -0.1) is 0 Å². The minimum atomic E-state index is -0.231. The molecule has 0 spiro atoms. The lowest BCUT2D eigenvalue weighted by Gasteiger charge is -2.40. The van der Waals surface area contributed by atoms with Gasteiger partial charge in [0.25, 0.3) is 0 Å². The number of nitrogens with zero attached hydrogens (tertiary/aromatic N) is 3. The van der Waals surface area contributed by atoms with Crippen molar-refractivity contribution in [2.45, 2.75) is 45.1 Å². The van der Waals surface area contributed by atoms with Gasteiger partial charge in [0.1, 0.15) is 0 Å². The third-order valence-electron chi connectivity index (χ3n) is 6.65. The quantitative estimate of drug-likeness (QED) is 0.568. The third kappa shape index (κ3) is 3.97. The van der Waals surface area contributed by atoms with Crippen LogP contribution >= 0.6 is 0 Å². The summed E-state index contributed by atoms with van der Waals surface area (Å²) in [5.74, 6) is 0. The van der Waals surface area contributed by atoms with E-state index in [4.69, 9.17) is 4.98 Å². The van der Waals surface area contributed by atoms with Crippen LogP contribution in [-0.4, -0.2) is 52.4 Å². The van der Waals surface area contributed by atoms with Gasteiger partial charge in [0.15, 0.2) is 0 Å². The predicted octanol–water partition coefficient (Wildman–Crippen LogP) is 4.96. The van der Waals surface area contributed by atoms with Crippen molar-refractivity contribution in [3.05, 3.63) is 59.1 Å². The van der Waals surface area contributed by atoms with Gasteiger partial charge >= 0.3 is 0 Å². The molecule has 31 heavy (non-hydrogen) atoms. The van der Waals surface area contributed by atoms with Gasteiger partial charge in [0.2, 0.25) is 0 Å². The van der Waals surface area contributed by atoms with Crippen LogP contribution in [0.1, 0.15) is 49.4 Å². The normalized spacial score (nSPS) is 17.5. The Kier molecular flexibility index (Phi) is 5.72. The van der Waals surface area contributed by atoms with Crippen molar-refractivity contribution in [3.63, 3.8) is 0 Å². The summed E-state index contributed by atoms with van der Waals surface area (Å²) in [6, 6.07) is 9.10. The molecular formula is C25H30FN5. The van der Waals surface area contributed by atoms with Crippen LogP contribution in [0.25, 0.3) is 16.5 Å². The van der Waals surface area contributed by atoms with E-state index in [1.54, 1.807) is 0 Å². The molecule has 5 rings (SSSR count). The molecule has 1 fully saturated rings. The summed E-state index contributed by atoms with van der Waals surface area (Å²) < 4.78 is 12.3. The number of likely N-dealkylation sites (tertiary alicyclic amines) is 1. The zero-order chi connectivity index (χ0) is 21.2. The van der Waals surface area contributed by atoms with Gasteiger partial charge in [-0.3, -0.25) is 19.4 Å². The van der Waals surface area contributed by atoms with Crippen LogP contribution in [0.4, 0.5) is 10.1 Å². The molecular weight excluding hydrogens is 389 g/mol. The van der Waals surface area contributed by atoms with Crippen molar-refractivity contribution in [2.75, 3.05) is 31.6 Å². The number of aromatic amines is 1. The number of rotatable bonds is 7. The molecule has 3 aromatic rings. The fourth-order valence-electron chi connectivity index (χ4n) is 5.04. The summed E-state index contributed by atoms with van der Waals surface area (Å²) in [4.78, 5) is 7.17. The Bertz CT molecular complexity index is 1080. The van der Waals surface area contributed by atoms with Gasteiger partial charge in [-0.05, 0) is 61.4 Å². The smallest absolute Gasteiger partial charge is 0.0906 e. The number of allylic oxidation sites excluding steroid dienone is 1. The fraction of sp³-hybridized carbons (Fsp3) is 0.440. The number of H-pyrrole nitrogens is 1. The molecule has 0 unspecified atom stereocenters. The summed E-state index contributed by atoms with van der Waals surface area (Å²) >= 11 is 0. The second kappa shape index (κ2) is 8.79. The Hall–Kier alpha value is -2.73. The first kappa shape index (κ1) is 20.2. The number of nitrogens with one attached hydrogen (secondary N) is 2. The fourth-order valence-corrected chi connectivity index (χ4v) is 5.04. The molecule has 0 amide bonds. The Morgan fingerprint density at radius 3 is 2.84 bits per heavy atom. The topological polar surface area (TPSA) is 56.8 Å². The Morgan fingerprint density at radius 1 is 1.16 bits per heavy atom. The second-order valence-electron chi connectivity index (χ2n) is 8.68. The summed E-state index contributed by atoms with van der Waals surface area (Å²) in [5, 5.41) is 12.2.